The van der Waals surface area contributed by atoms with Gasteiger partial charge in [-0.1, -0.05) is 19.3 Å². The number of nitrogens with one attached hydrogen (secondary N) is 1. The minimum Gasteiger partial charge on any atom is -0.391 e. The van der Waals surface area contributed by atoms with E-state index in [-0.39, 0.29) is 11.9 Å². The van der Waals surface area contributed by atoms with E-state index in [1.165, 1.54) is 0 Å². The topological polar surface area (TPSA) is 67.2 Å². The summed E-state index contributed by atoms with van der Waals surface area (Å²) in [5.74, 6) is 0.0311. The van der Waals surface area contributed by atoms with Crippen LogP contribution in [0.15, 0.2) is 0 Å². The van der Waals surface area contributed by atoms with Crippen molar-refractivity contribution in [3.05, 3.63) is 17.0 Å². The molecule has 0 spiro atoms. The van der Waals surface area contributed by atoms with E-state index < -0.39 is 6.10 Å². The molecule has 1 aromatic heterocycles. The molecule has 1 saturated carbocycles. The lowest BCUT2D eigenvalue weighted by Gasteiger charge is -2.21. The molecule has 5 nitrogen and oxygen atoms in total. The molecule has 0 saturated heterocycles. The molecule has 2 rings (SSSR count). The predicted octanol–water partition coefficient (Wildman–Crippen LogP) is 1.78. The van der Waals surface area contributed by atoms with Gasteiger partial charge in [0.25, 0.3) is 0 Å². The molecule has 2 unspecified atom stereocenters. The zero-order valence-corrected chi connectivity index (χ0v) is 13.4. The molecule has 1 aliphatic rings. The number of aromatic nitrogens is 2. The van der Waals surface area contributed by atoms with Crippen molar-refractivity contribution in [2.45, 2.75) is 70.9 Å². The Hall–Kier alpha value is -1.36. The third-order valence-electron chi connectivity index (χ3n) is 4.59. The average molecular weight is 293 g/mol. The van der Waals surface area contributed by atoms with Gasteiger partial charge in [-0.2, -0.15) is 5.10 Å². The van der Waals surface area contributed by atoms with Crippen molar-refractivity contribution in [3.63, 3.8) is 0 Å². The zero-order chi connectivity index (χ0) is 15.4. The summed E-state index contributed by atoms with van der Waals surface area (Å²) in [6, 6.07) is -0.0731. The second kappa shape index (κ2) is 7.07. The highest BCUT2D eigenvalue weighted by molar-refractivity contribution is 5.76. The lowest BCUT2D eigenvalue weighted by molar-refractivity contribution is -0.122. The number of nitrogens with zero attached hydrogens (tertiary/aromatic N) is 2. The Bertz CT molecular complexity index is 496. The fraction of sp³-hybridized carbons (Fsp3) is 0.750. The molecular formula is C16H27N3O2. The van der Waals surface area contributed by atoms with Crippen molar-refractivity contribution in [2.24, 2.45) is 7.05 Å². The Kier molecular flexibility index (Phi) is 5.39. The number of hydrogen-bond acceptors (Lipinski definition) is 3. The van der Waals surface area contributed by atoms with E-state index in [0.717, 1.165) is 49.1 Å². The number of hydrogen-bond donors (Lipinski definition) is 2. The largest absolute Gasteiger partial charge is 0.391 e. The van der Waals surface area contributed by atoms with E-state index in [2.05, 4.69) is 10.4 Å². The molecule has 0 radical (unpaired) electrons. The van der Waals surface area contributed by atoms with Crippen LogP contribution in [-0.4, -0.2) is 32.9 Å². The monoisotopic (exact) mass is 293 g/mol. The molecule has 5 heteroatoms. The number of amides is 1. The summed E-state index contributed by atoms with van der Waals surface area (Å²) in [4.78, 5) is 12.1. The van der Waals surface area contributed by atoms with Crippen LogP contribution in [0.2, 0.25) is 0 Å². The van der Waals surface area contributed by atoms with Gasteiger partial charge in [0.05, 0.1) is 17.8 Å². The van der Waals surface area contributed by atoms with Crippen LogP contribution in [0.1, 0.15) is 55.5 Å². The van der Waals surface area contributed by atoms with E-state index in [1.807, 2.05) is 25.6 Å². The summed E-state index contributed by atoms with van der Waals surface area (Å²) < 4.78 is 1.86. The molecule has 2 N–H and O–H groups in total. The average Bonchev–Trinajstić information content (AvgIpc) is 2.58. The molecule has 0 aromatic carbocycles. The van der Waals surface area contributed by atoms with Crippen LogP contribution in [0.25, 0.3) is 0 Å². The number of aryl methyl sites for hydroxylation is 2. The van der Waals surface area contributed by atoms with Gasteiger partial charge in [0, 0.05) is 19.2 Å². The molecule has 0 bridgehead atoms. The number of carbonyl (C=O) groups excluding carboxylic acids is 1. The SMILES string of the molecule is Cc1nn(C)c(C)c1CCC(=O)NC1CCCCCC1O. The molecule has 21 heavy (non-hydrogen) atoms. The smallest absolute Gasteiger partial charge is 0.220 e. The highest BCUT2D eigenvalue weighted by atomic mass is 16.3. The molecule has 2 atom stereocenters. The summed E-state index contributed by atoms with van der Waals surface area (Å²) in [5.41, 5.74) is 3.28. The number of carbonyl (C=O) groups is 1. The number of aliphatic hydroxyl groups excluding tert-OH is 1. The zero-order valence-electron chi connectivity index (χ0n) is 13.4. The van der Waals surface area contributed by atoms with Gasteiger partial charge in [0.1, 0.15) is 0 Å². The Labute approximate surface area is 126 Å². The summed E-state index contributed by atoms with van der Waals surface area (Å²) in [6.07, 6.45) is 5.75. The van der Waals surface area contributed by atoms with Crippen molar-refractivity contribution in [1.29, 1.82) is 0 Å². The van der Waals surface area contributed by atoms with Crippen LogP contribution < -0.4 is 5.32 Å². The van der Waals surface area contributed by atoms with Crippen LogP contribution in [0.4, 0.5) is 0 Å². The van der Waals surface area contributed by atoms with Gasteiger partial charge < -0.3 is 10.4 Å². The minimum atomic E-state index is -0.390. The van der Waals surface area contributed by atoms with Crippen LogP contribution in [0.3, 0.4) is 0 Å². The lowest BCUT2D eigenvalue weighted by atomic mass is 10.0. The number of aliphatic hydroxyl groups is 1. The molecular weight excluding hydrogens is 266 g/mol. The Morgan fingerprint density at radius 3 is 2.71 bits per heavy atom. The second-order valence-electron chi connectivity index (χ2n) is 6.15. The Morgan fingerprint density at radius 1 is 1.33 bits per heavy atom. The van der Waals surface area contributed by atoms with Gasteiger partial charge in [0.15, 0.2) is 0 Å². The van der Waals surface area contributed by atoms with E-state index in [0.29, 0.717) is 12.8 Å². The fourth-order valence-corrected chi connectivity index (χ4v) is 3.15. The number of rotatable bonds is 4. The fourth-order valence-electron chi connectivity index (χ4n) is 3.15. The van der Waals surface area contributed by atoms with Crippen molar-refractivity contribution in [1.82, 2.24) is 15.1 Å². The first kappa shape index (κ1) is 16.0. The highest BCUT2D eigenvalue weighted by Gasteiger charge is 2.23. The predicted molar refractivity (Wildman–Crippen MR) is 82.0 cm³/mol. The maximum Gasteiger partial charge on any atom is 0.220 e. The third kappa shape index (κ3) is 4.06. The quantitative estimate of drug-likeness (QED) is 0.832. The van der Waals surface area contributed by atoms with Gasteiger partial charge >= 0.3 is 0 Å². The molecule has 0 aliphatic heterocycles. The summed E-state index contributed by atoms with van der Waals surface area (Å²) in [5, 5.41) is 17.4. The van der Waals surface area contributed by atoms with Gasteiger partial charge in [-0.05, 0) is 38.7 Å². The van der Waals surface area contributed by atoms with Crippen molar-refractivity contribution < 1.29 is 9.90 Å². The van der Waals surface area contributed by atoms with Crippen molar-refractivity contribution in [3.8, 4) is 0 Å². The van der Waals surface area contributed by atoms with Crippen molar-refractivity contribution in [2.75, 3.05) is 0 Å². The third-order valence-corrected chi connectivity index (χ3v) is 4.59. The summed E-state index contributed by atoms with van der Waals surface area (Å²) in [7, 11) is 1.92. The molecule has 1 heterocycles. The molecule has 1 amide bonds. The molecule has 1 aliphatic carbocycles. The van der Waals surface area contributed by atoms with E-state index in [9.17, 15) is 9.90 Å². The molecule has 118 valence electrons. The standard InChI is InChI=1S/C16H27N3O2/c1-11-13(12(2)19(3)18-11)9-10-16(21)17-14-7-5-4-6-8-15(14)20/h14-15,20H,4-10H2,1-3H3,(H,17,21). The second-order valence-corrected chi connectivity index (χ2v) is 6.15. The van der Waals surface area contributed by atoms with E-state index in [4.69, 9.17) is 0 Å². The van der Waals surface area contributed by atoms with Gasteiger partial charge in [-0.25, -0.2) is 0 Å². The maximum atomic E-state index is 12.1. The van der Waals surface area contributed by atoms with Crippen LogP contribution in [-0.2, 0) is 18.3 Å². The molecule has 1 aromatic rings. The van der Waals surface area contributed by atoms with Crippen molar-refractivity contribution >= 4 is 5.91 Å². The van der Waals surface area contributed by atoms with Crippen LogP contribution in [0.5, 0.6) is 0 Å². The normalized spacial score (nSPS) is 22.9. The first-order valence-electron chi connectivity index (χ1n) is 7.95. The lowest BCUT2D eigenvalue weighted by Crippen LogP contribution is -2.42. The minimum absolute atomic E-state index is 0.0311. The summed E-state index contributed by atoms with van der Waals surface area (Å²) in [6.45, 7) is 4.01. The summed E-state index contributed by atoms with van der Waals surface area (Å²) >= 11 is 0. The Balaban J connectivity index is 1.87. The molecule has 1 fully saturated rings. The highest BCUT2D eigenvalue weighted by Crippen LogP contribution is 2.19. The Morgan fingerprint density at radius 2 is 2.05 bits per heavy atom. The van der Waals surface area contributed by atoms with Gasteiger partial charge in [0.2, 0.25) is 5.91 Å². The van der Waals surface area contributed by atoms with Crippen LogP contribution in [0, 0.1) is 13.8 Å². The first-order chi connectivity index (χ1) is 9.99. The first-order valence-corrected chi connectivity index (χ1v) is 7.95. The van der Waals surface area contributed by atoms with Gasteiger partial charge in [-0.3, -0.25) is 9.48 Å². The van der Waals surface area contributed by atoms with Gasteiger partial charge in [-0.15, -0.1) is 0 Å². The maximum absolute atomic E-state index is 12.1. The van der Waals surface area contributed by atoms with E-state index >= 15 is 0 Å². The van der Waals surface area contributed by atoms with E-state index in [1.54, 1.807) is 0 Å². The van der Waals surface area contributed by atoms with Crippen LogP contribution >= 0.6 is 0 Å².